The molecule has 7 nitrogen and oxygen atoms in total. The van der Waals surface area contributed by atoms with Crippen LogP contribution in [-0.4, -0.2) is 58.8 Å². The number of hydrogen-bond donors (Lipinski definition) is 3. The largest absolute Gasteiger partial charge is 0.462 e. The van der Waals surface area contributed by atoms with Crippen LogP contribution < -0.4 is 0 Å². The Balaban J connectivity index is 3.94. The van der Waals surface area contributed by atoms with E-state index >= 15 is 0 Å². The van der Waals surface area contributed by atoms with Crippen LogP contribution in [0.5, 0.6) is 0 Å². The van der Waals surface area contributed by atoms with Crippen molar-refractivity contribution in [1.29, 1.82) is 0 Å². The standard InChI is InChI=1S/C38H62O7/c1-4-5-17-25-34(40)26-19-13-9-7-10-14-20-27-35(41)28-21-16-23-29-37(42)44-32-36(31-39)45-38(43)30-22-15-11-6-8-12-18-24-33(2)3/h5,9-10,13-14,17,19-21,26-28,33-36,39-41H,4,6-8,11-12,15-16,18,22-25,29-32H2,1-3H3/b13-9-,14-10-,17-5-,26-19+,27-20+,28-21-/t34-,35-,36+/m1/s1. The lowest BCUT2D eigenvalue weighted by Gasteiger charge is -2.15. The van der Waals surface area contributed by atoms with Gasteiger partial charge in [-0.15, -0.1) is 0 Å². The molecule has 3 N–H and O–H groups in total. The van der Waals surface area contributed by atoms with E-state index in [0.29, 0.717) is 25.7 Å². The number of esters is 2. The molecule has 3 atom stereocenters. The van der Waals surface area contributed by atoms with Crippen LogP contribution in [0.3, 0.4) is 0 Å². The van der Waals surface area contributed by atoms with Gasteiger partial charge < -0.3 is 24.8 Å². The van der Waals surface area contributed by atoms with Crippen molar-refractivity contribution in [3.8, 4) is 0 Å². The van der Waals surface area contributed by atoms with Crippen molar-refractivity contribution in [3.63, 3.8) is 0 Å². The van der Waals surface area contributed by atoms with Crippen molar-refractivity contribution < 1.29 is 34.4 Å². The van der Waals surface area contributed by atoms with Gasteiger partial charge in [-0.3, -0.25) is 9.59 Å². The van der Waals surface area contributed by atoms with Gasteiger partial charge in [0.05, 0.1) is 18.8 Å². The SMILES string of the molecule is CC/C=C\C[C@@H](O)/C=C/C=C\C/C=C\C=C\[C@@H](O)/C=C\CCCC(=O)OC[C@H](CO)OC(=O)CCCCCCCCCC(C)C. The molecule has 0 spiro atoms. The lowest BCUT2D eigenvalue weighted by Crippen LogP contribution is -2.28. The number of carbonyl (C=O) groups excluding carboxylic acids is 2. The maximum atomic E-state index is 12.1. The monoisotopic (exact) mass is 630 g/mol. The molecule has 0 bridgehead atoms. The lowest BCUT2D eigenvalue weighted by atomic mass is 10.0. The van der Waals surface area contributed by atoms with Crippen LogP contribution >= 0.6 is 0 Å². The van der Waals surface area contributed by atoms with Crippen molar-refractivity contribution in [2.75, 3.05) is 13.2 Å². The summed E-state index contributed by atoms with van der Waals surface area (Å²) in [6, 6.07) is 0. The molecular weight excluding hydrogens is 568 g/mol. The van der Waals surface area contributed by atoms with E-state index < -0.39 is 30.9 Å². The van der Waals surface area contributed by atoms with Gasteiger partial charge in [0, 0.05) is 12.8 Å². The second-order valence-electron chi connectivity index (χ2n) is 11.7. The van der Waals surface area contributed by atoms with Crippen molar-refractivity contribution in [2.45, 2.75) is 135 Å². The van der Waals surface area contributed by atoms with Crippen LogP contribution in [0.1, 0.15) is 117 Å². The Labute approximate surface area is 273 Å². The molecule has 0 heterocycles. The zero-order chi connectivity index (χ0) is 33.4. The van der Waals surface area contributed by atoms with Gasteiger partial charge >= 0.3 is 11.9 Å². The van der Waals surface area contributed by atoms with Crippen molar-refractivity contribution in [3.05, 3.63) is 72.9 Å². The first-order valence-electron chi connectivity index (χ1n) is 17.1. The summed E-state index contributed by atoms with van der Waals surface area (Å²) in [4.78, 5) is 24.1. The molecule has 0 rings (SSSR count). The maximum Gasteiger partial charge on any atom is 0.306 e. The molecule has 0 radical (unpaired) electrons. The third-order valence-corrected chi connectivity index (χ3v) is 6.87. The minimum atomic E-state index is -0.844. The summed E-state index contributed by atoms with van der Waals surface area (Å²) < 4.78 is 10.4. The van der Waals surface area contributed by atoms with Gasteiger partial charge in [0.25, 0.3) is 0 Å². The summed E-state index contributed by atoms with van der Waals surface area (Å²) >= 11 is 0. The summed E-state index contributed by atoms with van der Waals surface area (Å²) in [6.45, 7) is 6.02. The van der Waals surface area contributed by atoms with Gasteiger partial charge in [-0.25, -0.2) is 0 Å². The molecule has 0 aliphatic heterocycles. The highest BCUT2D eigenvalue weighted by molar-refractivity contribution is 5.70. The minimum Gasteiger partial charge on any atom is -0.462 e. The number of allylic oxidation sites excluding steroid dienone is 8. The van der Waals surface area contributed by atoms with E-state index in [2.05, 4.69) is 20.8 Å². The van der Waals surface area contributed by atoms with Crippen LogP contribution in [0.15, 0.2) is 72.9 Å². The quantitative estimate of drug-likeness (QED) is 0.0347. The Kier molecular flexibility index (Phi) is 29.3. The number of aliphatic hydroxyl groups is 3. The van der Waals surface area contributed by atoms with Crippen LogP contribution in [-0.2, 0) is 19.1 Å². The fourth-order valence-electron chi connectivity index (χ4n) is 4.24. The Morgan fingerprint density at radius 1 is 0.711 bits per heavy atom. The lowest BCUT2D eigenvalue weighted by molar-refractivity contribution is -0.161. The molecule has 0 aliphatic carbocycles. The average molecular weight is 631 g/mol. The predicted octanol–water partition coefficient (Wildman–Crippen LogP) is 8.02. The first kappa shape index (κ1) is 42.3. The third-order valence-electron chi connectivity index (χ3n) is 6.87. The van der Waals surface area contributed by atoms with E-state index in [4.69, 9.17) is 9.47 Å². The molecule has 45 heavy (non-hydrogen) atoms. The second-order valence-corrected chi connectivity index (χ2v) is 11.7. The first-order valence-corrected chi connectivity index (χ1v) is 17.1. The molecule has 0 aromatic carbocycles. The highest BCUT2D eigenvalue weighted by atomic mass is 16.6. The fourth-order valence-corrected chi connectivity index (χ4v) is 4.24. The van der Waals surface area contributed by atoms with Crippen LogP contribution in [0.25, 0.3) is 0 Å². The summed E-state index contributed by atoms with van der Waals surface area (Å²) in [7, 11) is 0. The fraction of sp³-hybridized carbons (Fsp3) is 0.632. The maximum absolute atomic E-state index is 12.1. The average Bonchev–Trinajstić information content (AvgIpc) is 3.01. The molecule has 0 saturated heterocycles. The third kappa shape index (κ3) is 31.0. The normalized spacial score (nSPS) is 14.6. The Hall–Kier alpha value is -2.74. The van der Waals surface area contributed by atoms with Gasteiger partial charge in [0.1, 0.15) is 6.61 Å². The summed E-state index contributed by atoms with van der Waals surface area (Å²) in [5.74, 6) is -0.0165. The molecule has 0 saturated carbocycles. The highest BCUT2D eigenvalue weighted by Gasteiger charge is 2.16. The number of unbranched alkanes of at least 4 members (excludes halogenated alkanes) is 7. The molecule has 0 amide bonds. The second kappa shape index (κ2) is 31.3. The van der Waals surface area contributed by atoms with Gasteiger partial charge in [-0.2, -0.15) is 0 Å². The van der Waals surface area contributed by atoms with Gasteiger partial charge in [-0.05, 0) is 44.4 Å². The molecule has 0 fully saturated rings. The Morgan fingerprint density at radius 2 is 1.36 bits per heavy atom. The van der Waals surface area contributed by atoms with E-state index in [1.807, 2.05) is 48.6 Å². The van der Waals surface area contributed by atoms with Crippen molar-refractivity contribution in [1.82, 2.24) is 0 Å². The zero-order valence-electron chi connectivity index (χ0n) is 28.2. The predicted molar refractivity (Wildman–Crippen MR) is 185 cm³/mol. The van der Waals surface area contributed by atoms with E-state index in [-0.39, 0.29) is 19.0 Å². The minimum absolute atomic E-state index is 0.156. The first-order chi connectivity index (χ1) is 21.8. The smallest absolute Gasteiger partial charge is 0.306 e. The van der Waals surface area contributed by atoms with Crippen molar-refractivity contribution >= 4 is 11.9 Å². The number of hydrogen-bond acceptors (Lipinski definition) is 7. The van der Waals surface area contributed by atoms with Gasteiger partial charge in [-0.1, -0.05) is 139 Å². The molecular formula is C38H62O7. The van der Waals surface area contributed by atoms with E-state index in [1.54, 1.807) is 24.3 Å². The molecule has 7 heteroatoms. The van der Waals surface area contributed by atoms with E-state index in [0.717, 1.165) is 38.0 Å². The molecule has 0 unspecified atom stereocenters. The highest BCUT2D eigenvalue weighted by Crippen LogP contribution is 2.13. The molecule has 0 aliphatic rings. The van der Waals surface area contributed by atoms with E-state index in [1.165, 1.54) is 32.1 Å². The van der Waals surface area contributed by atoms with Crippen molar-refractivity contribution in [2.24, 2.45) is 5.92 Å². The summed E-state index contributed by atoms with van der Waals surface area (Å²) in [5.41, 5.74) is 0. The zero-order valence-corrected chi connectivity index (χ0v) is 28.2. The number of carbonyl (C=O) groups is 2. The van der Waals surface area contributed by atoms with Crippen LogP contribution in [0, 0.1) is 5.92 Å². The molecule has 0 aromatic heterocycles. The molecule has 0 aromatic rings. The van der Waals surface area contributed by atoms with Crippen LogP contribution in [0.4, 0.5) is 0 Å². The number of rotatable bonds is 28. The molecule has 256 valence electrons. The summed E-state index contributed by atoms with van der Waals surface area (Å²) in [6.07, 6.45) is 33.4. The topological polar surface area (TPSA) is 113 Å². The van der Waals surface area contributed by atoms with Crippen LogP contribution in [0.2, 0.25) is 0 Å². The summed E-state index contributed by atoms with van der Waals surface area (Å²) in [5, 5.41) is 29.3. The Bertz CT molecular complexity index is 898. The number of aliphatic hydroxyl groups excluding tert-OH is 3. The van der Waals surface area contributed by atoms with E-state index in [9.17, 15) is 24.9 Å². The van der Waals surface area contributed by atoms with Gasteiger partial charge in [0.15, 0.2) is 6.10 Å². The number of ether oxygens (including phenoxy) is 2. The van der Waals surface area contributed by atoms with Gasteiger partial charge in [0.2, 0.25) is 0 Å². The Morgan fingerprint density at radius 3 is 2.02 bits per heavy atom.